The molecule has 8 heteroatoms. The highest BCUT2D eigenvalue weighted by atomic mass is 79.9. The molecule has 1 aromatic rings. The summed E-state index contributed by atoms with van der Waals surface area (Å²) in [5.41, 5.74) is 1.69. The summed E-state index contributed by atoms with van der Waals surface area (Å²) in [5.74, 6) is 0.166. The predicted octanol–water partition coefficient (Wildman–Crippen LogP) is 3.61. The molecule has 1 N–H and O–H groups in total. The van der Waals surface area contributed by atoms with E-state index in [1.807, 2.05) is 6.07 Å². The minimum absolute atomic E-state index is 0.0558. The molecular weight excluding hydrogens is 468 g/mol. The molecule has 3 aliphatic rings. The third-order valence-corrected chi connectivity index (χ3v) is 9.28. The van der Waals surface area contributed by atoms with Crippen LogP contribution in [0.2, 0.25) is 0 Å². The lowest BCUT2D eigenvalue weighted by atomic mass is 9.86. The number of benzene rings is 1. The zero-order chi connectivity index (χ0) is 21.5. The maximum absolute atomic E-state index is 13.0. The molecule has 2 atom stereocenters. The summed E-state index contributed by atoms with van der Waals surface area (Å²) in [6.45, 7) is 2.74. The molecule has 0 bridgehead atoms. The van der Waals surface area contributed by atoms with E-state index in [-0.39, 0.29) is 40.8 Å². The van der Waals surface area contributed by atoms with Gasteiger partial charge in [-0.1, -0.05) is 19.8 Å². The fraction of sp³-hybridized carbons (Fsp3) is 0.636. The second-order valence-electron chi connectivity index (χ2n) is 8.93. The standard InChI is InChI=1S/C22H29BrN2O4S/c1-14-4-2-3-5-18(14)24-21(26)9-11-30(28,29)20-13-19-16(12-17(20)23)8-10-25(19)22(27)15-6-7-15/h12-15,18H,2-11H2,1H3,(H,24,26)/t14-,18+/m1/s1. The molecule has 0 aromatic heterocycles. The number of hydrogen-bond donors (Lipinski definition) is 1. The van der Waals surface area contributed by atoms with Crippen molar-refractivity contribution in [3.63, 3.8) is 0 Å². The van der Waals surface area contributed by atoms with Gasteiger partial charge in [-0.2, -0.15) is 0 Å². The monoisotopic (exact) mass is 496 g/mol. The molecule has 1 aromatic carbocycles. The number of sulfone groups is 1. The molecule has 1 aliphatic heterocycles. The Balaban J connectivity index is 1.45. The van der Waals surface area contributed by atoms with Gasteiger partial charge in [-0.05, 0) is 71.6 Å². The number of amides is 2. The molecule has 2 saturated carbocycles. The summed E-state index contributed by atoms with van der Waals surface area (Å²) in [7, 11) is -3.66. The molecule has 1 heterocycles. The van der Waals surface area contributed by atoms with Gasteiger partial charge in [0.15, 0.2) is 9.84 Å². The number of carbonyl (C=O) groups is 2. The fourth-order valence-corrected chi connectivity index (χ4v) is 7.00. The first kappa shape index (κ1) is 21.8. The molecule has 2 fully saturated rings. The van der Waals surface area contributed by atoms with Gasteiger partial charge in [-0.15, -0.1) is 0 Å². The third-order valence-electron chi connectivity index (χ3n) is 6.61. The van der Waals surface area contributed by atoms with Gasteiger partial charge in [-0.25, -0.2) is 8.42 Å². The summed E-state index contributed by atoms with van der Waals surface area (Å²) in [6.07, 6.45) is 6.86. The number of carbonyl (C=O) groups excluding carboxylic acids is 2. The molecule has 4 rings (SSSR count). The highest BCUT2D eigenvalue weighted by molar-refractivity contribution is 9.10. The number of halogens is 1. The predicted molar refractivity (Wildman–Crippen MR) is 119 cm³/mol. The lowest BCUT2D eigenvalue weighted by Crippen LogP contribution is -2.41. The molecule has 0 saturated heterocycles. The first-order chi connectivity index (χ1) is 14.3. The Bertz CT molecular complexity index is 958. The van der Waals surface area contributed by atoms with E-state index in [1.165, 1.54) is 6.42 Å². The van der Waals surface area contributed by atoms with Crippen molar-refractivity contribution in [2.45, 2.75) is 69.2 Å². The Morgan fingerprint density at radius 2 is 1.90 bits per heavy atom. The van der Waals surface area contributed by atoms with E-state index >= 15 is 0 Å². The maximum atomic E-state index is 13.0. The van der Waals surface area contributed by atoms with Crippen molar-refractivity contribution in [1.82, 2.24) is 5.32 Å². The average Bonchev–Trinajstić information content (AvgIpc) is 3.47. The van der Waals surface area contributed by atoms with E-state index in [1.54, 1.807) is 11.0 Å². The number of nitrogens with one attached hydrogen (secondary N) is 1. The SMILES string of the molecule is C[C@@H]1CCCC[C@@H]1NC(=O)CCS(=O)(=O)c1cc2c(cc1Br)CCN2C(=O)C1CC1. The maximum Gasteiger partial charge on any atom is 0.230 e. The van der Waals surface area contributed by atoms with Gasteiger partial charge in [0.2, 0.25) is 11.8 Å². The van der Waals surface area contributed by atoms with Crippen LogP contribution in [0.4, 0.5) is 5.69 Å². The fourth-order valence-electron chi connectivity index (χ4n) is 4.55. The van der Waals surface area contributed by atoms with Crippen LogP contribution in [0.1, 0.15) is 57.4 Å². The third kappa shape index (κ3) is 4.59. The second-order valence-corrected chi connectivity index (χ2v) is 11.9. The van der Waals surface area contributed by atoms with Crippen molar-refractivity contribution in [3.05, 3.63) is 22.2 Å². The van der Waals surface area contributed by atoms with Crippen LogP contribution in [-0.2, 0) is 25.8 Å². The Morgan fingerprint density at radius 1 is 1.17 bits per heavy atom. The quantitative estimate of drug-likeness (QED) is 0.651. The summed E-state index contributed by atoms with van der Waals surface area (Å²) >= 11 is 3.40. The Morgan fingerprint density at radius 3 is 2.60 bits per heavy atom. The van der Waals surface area contributed by atoms with Crippen LogP contribution in [0, 0.1) is 11.8 Å². The molecular formula is C22H29BrN2O4S. The highest BCUT2D eigenvalue weighted by Gasteiger charge is 2.37. The summed E-state index contributed by atoms with van der Waals surface area (Å²) in [5, 5.41) is 3.02. The zero-order valence-electron chi connectivity index (χ0n) is 17.3. The van der Waals surface area contributed by atoms with Gasteiger partial charge in [0, 0.05) is 35.1 Å². The first-order valence-corrected chi connectivity index (χ1v) is 13.4. The minimum atomic E-state index is -3.66. The summed E-state index contributed by atoms with van der Waals surface area (Å²) in [6, 6.07) is 3.57. The molecule has 30 heavy (non-hydrogen) atoms. The van der Waals surface area contributed by atoms with Crippen LogP contribution in [0.25, 0.3) is 0 Å². The van der Waals surface area contributed by atoms with E-state index in [0.29, 0.717) is 22.6 Å². The van der Waals surface area contributed by atoms with Gasteiger partial charge in [-0.3, -0.25) is 9.59 Å². The zero-order valence-corrected chi connectivity index (χ0v) is 19.7. The van der Waals surface area contributed by atoms with Crippen molar-refractivity contribution in [3.8, 4) is 0 Å². The van der Waals surface area contributed by atoms with Crippen molar-refractivity contribution >= 4 is 43.3 Å². The second kappa shape index (κ2) is 8.61. The number of rotatable bonds is 6. The normalized spacial score (nSPS) is 23.9. The van der Waals surface area contributed by atoms with Gasteiger partial charge < -0.3 is 10.2 Å². The molecule has 0 spiro atoms. The van der Waals surface area contributed by atoms with Gasteiger partial charge in [0.25, 0.3) is 0 Å². The number of hydrogen-bond acceptors (Lipinski definition) is 4. The summed E-state index contributed by atoms with van der Waals surface area (Å²) in [4.78, 5) is 26.8. The van der Waals surface area contributed by atoms with Crippen LogP contribution in [0.5, 0.6) is 0 Å². The van der Waals surface area contributed by atoms with Gasteiger partial charge in [0.05, 0.1) is 10.6 Å². The lowest BCUT2D eigenvalue weighted by Gasteiger charge is -2.29. The van der Waals surface area contributed by atoms with Crippen LogP contribution in [-0.4, -0.2) is 38.6 Å². The van der Waals surface area contributed by atoms with Crippen LogP contribution in [0.15, 0.2) is 21.5 Å². The van der Waals surface area contributed by atoms with E-state index in [4.69, 9.17) is 0 Å². The number of nitrogens with zero attached hydrogens (tertiary/aromatic N) is 1. The van der Waals surface area contributed by atoms with Gasteiger partial charge >= 0.3 is 0 Å². The smallest absolute Gasteiger partial charge is 0.230 e. The topological polar surface area (TPSA) is 83.6 Å². The van der Waals surface area contributed by atoms with Crippen LogP contribution >= 0.6 is 15.9 Å². The first-order valence-electron chi connectivity index (χ1n) is 10.9. The minimum Gasteiger partial charge on any atom is -0.353 e. The molecule has 6 nitrogen and oxygen atoms in total. The van der Waals surface area contributed by atoms with Crippen molar-refractivity contribution in [2.75, 3.05) is 17.2 Å². The Hall–Kier alpha value is -1.41. The van der Waals surface area contributed by atoms with Crippen LogP contribution in [0.3, 0.4) is 0 Å². The number of anilines is 1. The molecule has 0 radical (unpaired) electrons. The van der Waals surface area contributed by atoms with Gasteiger partial charge in [0.1, 0.15) is 0 Å². The highest BCUT2D eigenvalue weighted by Crippen LogP contribution is 2.39. The largest absolute Gasteiger partial charge is 0.353 e. The Kier molecular flexibility index (Phi) is 6.26. The van der Waals surface area contributed by atoms with Crippen LogP contribution < -0.4 is 10.2 Å². The number of fused-ring (bicyclic) bond motifs is 1. The molecule has 164 valence electrons. The molecule has 0 unspecified atom stereocenters. The average molecular weight is 497 g/mol. The van der Waals surface area contributed by atoms with E-state index in [2.05, 4.69) is 28.2 Å². The van der Waals surface area contributed by atoms with Crippen molar-refractivity contribution in [1.29, 1.82) is 0 Å². The van der Waals surface area contributed by atoms with Crippen molar-refractivity contribution in [2.24, 2.45) is 11.8 Å². The van der Waals surface area contributed by atoms with E-state index in [0.717, 1.165) is 44.1 Å². The van der Waals surface area contributed by atoms with E-state index < -0.39 is 9.84 Å². The van der Waals surface area contributed by atoms with E-state index in [9.17, 15) is 18.0 Å². The Labute approximate surface area is 186 Å². The van der Waals surface area contributed by atoms with Crippen molar-refractivity contribution < 1.29 is 18.0 Å². The lowest BCUT2D eigenvalue weighted by molar-refractivity contribution is -0.122. The molecule has 2 amide bonds. The molecule has 2 aliphatic carbocycles. The summed E-state index contributed by atoms with van der Waals surface area (Å²) < 4.78 is 26.5.